The standard InChI is InChI=1S/C11H12ClN3O/c12-10-2-1-3-11(16)9(10)6-13-4-8-5-14-7-15-8/h1-3,5,7,13,16H,4,6H2,(H,14,15). The molecule has 2 rings (SSSR count). The van der Waals surface area contributed by atoms with Crippen LogP contribution in [0.1, 0.15) is 11.3 Å². The van der Waals surface area contributed by atoms with E-state index in [0.717, 1.165) is 5.69 Å². The highest BCUT2D eigenvalue weighted by Crippen LogP contribution is 2.24. The van der Waals surface area contributed by atoms with Crippen molar-refractivity contribution in [1.29, 1.82) is 0 Å². The predicted molar refractivity (Wildman–Crippen MR) is 62.2 cm³/mol. The maximum Gasteiger partial charge on any atom is 0.121 e. The van der Waals surface area contributed by atoms with Crippen molar-refractivity contribution in [3.8, 4) is 5.75 Å². The van der Waals surface area contributed by atoms with E-state index in [-0.39, 0.29) is 5.75 Å². The van der Waals surface area contributed by atoms with E-state index in [1.807, 2.05) is 0 Å². The van der Waals surface area contributed by atoms with Gasteiger partial charge in [0.05, 0.1) is 6.33 Å². The van der Waals surface area contributed by atoms with Crippen LogP contribution >= 0.6 is 11.6 Å². The highest BCUT2D eigenvalue weighted by atomic mass is 35.5. The molecule has 0 saturated heterocycles. The molecule has 0 saturated carbocycles. The zero-order valence-electron chi connectivity index (χ0n) is 8.57. The van der Waals surface area contributed by atoms with Crippen molar-refractivity contribution in [1.82, 2.24) is 15.3 Å². The molecule has 0 bridgehead atoms. The molecule has 0 aliphatic carbocycles. The number of hydrogen-bond acceptors (Lipinski definition) is 3. The van der Waals surface area contributed by atoms with Gasteiger partial charge in [0.1, 0.15) is 5.75 Å². The normalized spacial score (nSPS) is 10.6. The number of aromatic hydroxyl groups is 1. The van der Waals surface area contributed by atoms with Crippen LogP contribution in [0.25, 0.3) is 0 Å². The molecule has 1 aromatic carbocycles. The molecule has 0 radical (unpaired) electrons. The second-order valence-corrected chi connectivity index (χ2v) is 3.83. The summed E-state index contributed by atoms with van der Waals surface area (Å²) in [4.78, 5) is 6.90. The van der Waals surface area contributed by atoms with Crippen molar-refractivity contribution in [2.75, 3.05) is 0 Å². The maximum absolute atomic E-state index is 9.60. The number of nitrogens with one attached hydrogen (secondary N) is 2. The summed E-state index contributed by atoms with van der Waals surface area (Å²) in [7, 11) is 0. The summed E-state index contributed by atoms with van der Waals surface area (Å²) in [6, 6.07) is 5.10. The molecule has 4 nitrogen and oxygen atoms in total. The Hall–Kier alpha value is -1.52. The maximum atomic E-state index is 9.60. The van der Waals surface area contributed by atoms with Crippen molar-refractivity contribution in [3.05, 3.63) is 47.0 Å². The Morgan fingerprint density at radius 1 is 1.38 bits per heavy atom. The first-order chi connectivity index (χ1) is 7.77. The van der Waals surface area contributed by atoms with E-state index in [1.54, 1.807) is 30.7 Å². The fourth-order valence-electron chi connectivity index (χ4n) is 1.43. The zero-order valence-corrected chi connectivity index (χ0v) is 9.33. The number of aromatic amines is 1. The fourth-order valence-corrected chi connectivity index (χ4v) is 1.66. The van der Waals surface area contributed by atoms with Crippen molar-refractivity contribution < 1.29 is 5.11 Å². The van der Waals surface area contributed by atoms with E-state index in [9.17, 15) is 5.11 Å². The Labute approximate surface area is 98.3 Å². The molecule has 84 valence electrons. The lowest BCUT2D eigenvalue weighted by Gasteiger charge is -2.07. The van der Waals surface area contributed by atoms with Crippen molar-refractivity contribution in [3.63, 3.8) is 0 Å². The SMILES string of the molecule is Oc1cccc(Cl)c1CNCc1cnc[nH]1. The molecular formula is C11H12ClN3O. The number of hydrogen-bond donors (Lipinski definition) is 3. The van der Waals surface area contributed by atoms with Crippen LogP contribution in [-0.2, 0) is 13.1 Å². The molecule has 0 spiro atoms. The van der Waals surface area contributed by atoms with Crippen LogP contribution in [0.3, 0.4) is 0 Å². The molecule has 0 fully saturated rings. The van der Waals surface area contributed by atoms with Gasteiger partial charge >= 0.3 is 0 Å². The van der Waals surface area contributed by atoms with Crippen LogP contribution in [0, 0.1) is 0 Å². The molecule has 1 aromatic heterocycles. The van der Waals surface area contributed by atoms with Gasteiger partial charge in [0.25, 0.3) is 0 Å². The third-order valence-corrected chi connectivity index (χ3v) is 2.62. The topological polar surface area (TPSA) is 60.9 Å². The van der Waals surface area contributed by atoms with Gasteiger partial charge in [0.2, 0.25) is 0 Å². The Balaban J connectivity index is 1.95. The largest absolute Gasteiger partial charge is 0.508 e. The lowest BCUT2D eigenvalue weighted by Crippen LogP contribution is -2.13. The minimum absolute atomic E-state index is 0.213. The van der Waals surface area contributed by atoms with Gasteiger partial charge in [-0.05, 0) is 12.1 Å². The first-order valence-corrected chi connectivity index (χ1v) is 5.29. The van der Waals surface area contributed by atoms with Gasteiger partial charge in [0.15, 0.2) is 0 Å². The van der Waals surface area contributed by atoms with Gasteiger partial charge in [-0.15, -0.1) is 0 Å². The first-order valence-electron chi connectivity index (χ1n) is 4.91. The summed E-state index contributed by atoms with van der Waals surface area (Å²) in [6.07, 6.45) is 3.38. The molecule has 16 heavy (non-hydrogen) atoms. The summed E-state index contributed by atoms with van der Waals surface area (Å²) in [5.41, 5.74) is 1.70. The lowest BCUT2D eigenvalue weighted by atomic mass is 10.2. The molecule has 0 unspecified atom stereocenters. The van der Waals surface area contributed by atoms with Crippen LogP contribution in [0.15, 0.2) is 30.7 Å². The second-order valence-electron chi connectivity index (χ2n) is 3.42. The third-order valence-electron chi connectivity index (χ3n) is 2.27. The highest BCUT2D eigenvalue weighted by Gasteiger charge is 2.05. The number of halogens is 1. The molecule has 1 heterocycles. The van der Waals surface area contributed by atoms with Crippen LogP contribution in [0.4, 0.5) is 0 Å². The van der Waals surface area contributed by atoms with Gasteiger partial charge in [-0.1, -0.05) is 17.7 Å². The van der Waals surface area contributed by atoms with E-state index in [2.05, 4.69) is 15.3 Å². The Morgan fingerprint density at radius 2 is 2.25 bits per heavy atom. The van der Waals surface area contributed by atoms with E-state index in [1.165, 1.54) is 0 Å². The number of nitrogens with zero attached hydrogens (tertiary/aromatic N) is 1. The molecule has 5 heteroatoms. The lowest BCUT2D eigenvalue weighted by molar-refractivity contribution is 0.464. The molecule has 2 aromatic rings. The van der Waals surface area contributed by atoms with Gasteiger partial charge in [-0.3, -0.25) is 0 Å². The highest BCUT2D eigenvalue weighted by molar-refractivity contribution is 6.31. The van der Waals surface area contributed by atoms with Crippen molar-refractivity contribution in [2.45, 2.75) is 13.1 Å². The van der Waals surface area contributed by atoms with Crippen molar-refractivity contribution in [2.24, 2.45) is 0 Å². The van der Waals surface area contributed by atoms with Crippen LogP contribution < -0.4 is 5.32 Å². The number of aromatic nitrogens is 2. The number of imidazole rings is 1. The molecule has 0 aliphatic rings. The number of phenolic OH excluding ortho intramolecular Hbond substituents is 1. The second kappa shape index (κ2) is 5.01. The average Bonchev–Trinajstić information content (AvgIpc) is 2.75. The fraction of sp³-hybridized carbons (Fsp3) is 0.182. The third kappa shape index (κ3) is 2.53. The van der Waals surface area contributed by atoms with Crippen LogP contribution in [-0.4, -0.2) is 15.1 Å². The van der Waals surface area contributed by atoms with Gasteiger partial charge in [0, 0.05) is 35.6 Å². The number of phenols is 1. The minimum Gasteiger partial charge on any atom is -0.508 e. The van der Waals surface area contributed by atoms with E-state index in [4.69, 9.17) is 11.6 Å². The quantitative estimate of drug-likeness (QED) is 0.763. The van der Waals surface area contributed by atoms with Crippen LogP contribution in [0.2, 0.25) is 5.02 Å². The number of rotatable bonds is 4. The monoisotopic (exact) mass is 237 g/mol. The number of benzene rings is 1. The summed E-state index contributed by atoms with van der Waals surface area (Å²) in [5.74, 6) is 0.213. The Kier molecular flexibility index (Phi) is 3.44. The van der Waals surface area contributed by atoms with Gasteiger partial charge < -0.3 is 15.4 Å². The molecule has 0 amide bonds. The molecule has 0 atom stereocenters. The Bertz CT molecular complexity index is 436. The first kappa shape index (κ1) is 11.0. The molecular weight excluding hydrogens is 226 g/mol. The number of H-pyrrole nitrogens is 1. The van der Waals surface area contributed by atoms with Gasteiger partial charge in [-0.2, -0.15) is 0 Å². The molecule has 0 aliphatic heterocycles. The zero-order chi connectivity index (χ0) is 11.4. The molecule has 3 N–H and O–H groups in total. The smallest absolute Gasteiger partial charge is 0.121 e. The van der Waals surface area contributed by atoms with E-state index >= 15 is 0 Å². The minimum atomic E-state index is 0.213. The van der Waals surface area contributed by atoms with E-state index in [0.29, 0.717) is 23.7 Å². The average molecular weight is 238 g/mol. The summed E-state index contributed by atoms with van der Waals surface area (Å²) in [5, 5.41) is 13.3. The van der Waals surface area contributed by atoms with Crippen LogP contribution in [0.5, 0.6) is 5.75 Å². The van der Waals surface area contributed by atoms with E-state index < -0.39 is 0 Å². The summed E-state index contributed by atoms with van der Waals surface area (Å²) < 4.78 is 0. The predicted octanol–water partition coefficient (Wildman–Crippen LogP) is 2.06. The Morgan fingerprint density at radius 3 is 2.94 bits per heavy atom. The van der Waals surface area contributed by atoms with Gasteiger partial charge in [-0.25, -0.2) is 4.98 Å². The van der Waals surface area contributed by atoms with Crippen molar-refractivity contribution >= 4 is 11.6 Å². The summed E-state index contributed by atoms with van der Waals surface area (Å²) in [6.45, 7) is 1.18. The summed E-state index contributed by atoms with van der Waals surface area (Å²) >= 11 is 5.97.